The van der Waals surface area contributed by atoms with Crippen molar-refractivity contribution in [2.75, 3.05) is 0 Å². The average Bonchev–Trinajstić information content (AvgIpc) is 3.93. The van der Waals surface area contributed by atoms with E-state index in [9.17, 15) is 30.4 Å². The molecule has 0 aliphatic carbocycles. The maximum Gasteiger partial charge on any atom is 0.262 e. The van der Waals surface area contributed by atoms with Gasteiger partial charge >= 0.3 is 0 Å². The maximum atomic E-state index is 13.1. The molecular weight excluding hydrogens is 1300 g/mol. The second kappa shape index (κ2) is 33.9. The van der Waals surface area contributed by atoms with Crippen molar-refractivity contribution in [3.63, 3.8) is 0 Å². The number of nitrogens with two attached hydrogens (primary N) is 2. The van der Waals surface area contributed by atoms with Crippen molar-refractivity contribution in [1.29, 1.82) is 5.26 Å². The van der Waals surface area contributed by atoms with Gasteiger partial charge in [-0.1, -0.05) is 115 Å². The maximum absolute atomic E-state index is 13.1. The second-order valence-corrected chi connectivity index (χ2v) is 21.2. The van der Waals surface area contributed by atoms with Crippen molar-refractivity contribution in [1.82, 2.24) is 25.8 Å². The number of hydrogen-bond acceptors (Lipinski definition) is 16. The number of rotatable bonds is 11. The third-order valence-electron chi connectivity index (χ3n) is 7.79. The number of sulfone groups is 1. The Hall–Kier alpha value is -4.63. The topological polar surface area (TPSA) is 317 Å². The molecule has 382 valence electrons. The second-order valence-electron chi connectivity index (χ2n) is 12.8. The van der Waals surface area contributed by atoms with Gasteiger partial charge in [-0.25, -0.2) is 31.5 Å². The van der Waals surface area contributed by atoms with E-state index in [-0.39, 0.29) is 51.1 Å². The number of nitrogens with one attached hydrogen (secondary N) is 1. The number of carbonyl (C=O) groups is 1. The standard InChI is InChI=1S/C16H11BrClFN2O3S.C10H10BrN3O.C8H9BrN2O.C6H3Cl2FO2S.CBrN.CH4.O2.H2O/c17-11-3-1-2-10(6-11)7-15-20-21-16(24-15)9-25(22,23)14-5-4-12(19)8-13(14)18;11-8-3-1-2-7(4-8)5-9-13-14-10(6-12)15-9;9-7-3-1-2-6(4-7)5-8(12)11-10;7-5-3-4(9)1-2-6(5)12(8,10)11;2-1-3;;1-2;/h1-6,8H,7,9H2;1-4H,5-6,12H2;1-4H,5,10H2,(H,11,12);1-3H;;1H4;;1H2. The van der Waals surface area contributed by atoms with Crippen LogP contribution in [0.25, 0.3) is 0 Å². The van der Waals surface area contributed by atoms with Crippen LogP contribution in [0, 0.1) is 31.8 Å². The molecule has 5 aromatic carbocycles. The smallest absolute Gasteiger partial charge is 0.262 e. The SMILES string of the molecule is C.N#CBr.NCc1nnc(Cc2cccc(Br)c2)o1.NNC(=O)Cc1cccc(Br)c1.O.O=O.O=S(=O)(Cc1nnc(Cc2cccc(Br)c2)o1)c1ccc(F)cc1Cl.O=S(=O)(Cl)c1ccc(F)cc1Cl. The molecule has 7 N–H and O–H groups in total. The lowest BCUT2D eigenvalue weighted by atomic mass is 10.1. The lowest BCUT2D eigenvalue weighted by Crippen LogP contribution is -2.31. The number of nitrogens with zero attached hydrogens (tertiary/aromatic N) is 5. The van der Waals surface area contributed by atoms with E-state index in [1.165, 1.54) is 0 Å². The highest BCUT2D eigenvalue weighted by molar-refractivity contribution is 9.12. The van der Waals surface area contributed by atoms with Gasteiger partial charge in [-0.2, -0.15) is 5.26 Å². The molecule has 29 heteroatoms. The summed E-state index contributed by atoms with van der Waals surface area (Å²) in [4.78, 5) is 25.9. The summed E-state index contributed by atoms with van der Waals surface area (Å²) in [7, 11) is -2.72. The van der Waals surface area contributed by atoms with Gasteiger partial charge in [0, 0.05) is 50.0 Å². The number of hydrogen-bond donors (Lipinski definition) is 3. The lowest BCUT2D eigenvalue weighted by molar-refractivity contribution is -0.120. The highest BCUT2D eigenvalue weighted by atomic mass is 79.9. The molecule has 7 rings (SSSR count). The van der Waals surface area contributed by atoms with E-state index < -0.39 is 36.3 Å². The van der Waals surface area contributed by atoms with E-state index in [0.29, 0.717) is 36.9 Å². The summed E-state index contributed by atoms with van der Waals surface area (Å²) in [5.74, 6) is 4.34. The van der Waals surface area contributed by atoms with E-state index >= 15 is 0 Å². The van der Waals surface area contributed by atoms with Crippen LogP contribution in [0.3, 0.4) is 0 Å². The molecule has 0 saturated heterocycles. The zero-order valence-electron chi connectivity index (χ0n) is 35.2. The number of benzene rings is 5. The molecule has 18 nitrogen and oxygen atoms in total. The number of amides is 1. The molecule has 0 atom stereocenters. The molecule has 0 saturated carbocycles. The van der Waals surface area contributed by atoms with Crippen molar-refractivity contribution < 1.29 is 44.7 Å². The van der Waals surface area contributed by atoms with Gasteiger partial charge in [0.05, 0.1) is 40.7 Å². The molecule has 0 spiro atoms. The van der Waals surface area contributed by atoms with E-state index in [0.717, 1.165) is 66.5 Å². The van der Waals surface area contributed by atoms with Gasteiger partial charge in [-0.15, -0.1) is 20.4 Å². The van der Waals surface area contributed by atoms with Crippen LogP contribution < -0.4 is 17.0 Å². The van der Waals surface area contributed by atoms with Gasteiger partial charge in [0.1, 0.15) is 27.3 Å². The van der Waals surface area contributed by atoms with Crippen LogP contribution in [0.2, 0.25) is 10.0 Å². The minimum Gasteiger partial charge on any atom is -0.424 e. The van der Waals surface area contributed by atoms with Crippen molar-refractivity contribution in [2.24, 2.45) is 11.6 Å². The minimum atomic E-state index is -3.88. The summed E-state index contributed by atoms with van der Waals surface area (Å²) in [6, 6.07) is 29.0. The largest absolute Gasteiger partial charge is 0.424 e. The highest BCUT2D eigenvalue weighted by Gasteiger charge is 2.23. The number of carbonyl (C=O) groups excluding carboxylic acids is 1. The van der Waals surface area contributed by atoms with Gasteiger partial charge in [0.15, 0.2) is 9.84 Å². The Morgan fingerprint density at radius 2 is 1.06 bits per heavy atom. The summed E-state index contributed by atoms with van der Waals surface area (Å²) < 4.78 is 85.4. The van der Waals surface area contributed by atoms with Crippen molar-refractivity contribution in [2.45, 2.75) is 48.8 Å². The zero-order chi connectivity index (χ0) is 51.7. The Kier molecular flexibility index (Phi) is 31.7. The first kappa shape index (κ1) is 66.4. The summed E-state index contributed by atoms with van der Waals surface area (Å²) in [6.07, 6.45) is 1.33. The lowest BCUT2D eigenvalue weighted by Gasteiger charge is -2.04. The number of aromatic nitrogens is 4. The first-order valence-corrected chi connectivity index (χ1v) is 26.3. The monoisotopic (exact) mass is 1340 g/mol. The Morgan fingerprint density at radius 3 is 1.44 bits per heavy atom. The molecule has 0 aliphatic rings. The molecule has 0 bridgehead atoms. The van der Waals surface area contributed by atoms with E-state index in [1.54, 1.807) is 4.98 Å². The third kappa shape index (κ3) is 25.0. The highest BCUT2D eigenvalue weighted by Crippen LogP contribution is 2.27. The van der Waals surface area contributed by atoms with Gasteiger partial charge in [0.2, 0.25) is 29.5 Å². The van der Waals surface area contributed by atoms with E-state index in [4.69, 9.17) is 69.5 Å². The Labute approximate surface area is 454 Å². The molecule has 1 amide bonds. The molecule has 0 aliphatic heterocycles. The fourth-order valence-corrected chi connectivity index (χ4v) is 9.63. The Balaban J connectivity index is 0.000000926. The third-order valence-corrected chi connectivity index (χ3v) is 13.2. The quantitative estimate of drug-likeness (QED) is 0.0356. The molecule has 71 heavy (non-hydrogen) atoms. The van der Waals surface area contributed by atoms with Gasteiger partial charge < -0.3 is 20.0 Å². The van der Waals surface area contributed by atoms with Crippen molar-refractivity contribution >= 4 is 122 Å². The van der Waals surface area contributed by atoms with Gasteiger partial charge in [-0.3, -0.25) is 10.2 Å². The van der Waals surface area contributed by atoms with E-state index in [2.05, 4.69) is 89.5 Å². The van der Waals surface area contributed by atoms with E-state index in [1.807, 2.05) is 72.8 Å². The normalized spacial score (nSPS) is 10.1. The molecular formula is C42H39Br4Cl3F2N8O10S2. The summed E-state index contributed by atoms with van der Waals surface area (Å²) >= 11 is 23.8. The zero-order valence-corrected chi connectivity index (χ0v) is 45.5. The molecule has 2 aromatic heterocycles. The summed E-state index contributed by atoms with van der Waals surface area (Å²) in [5, 5.41) is 22.2. The van der Waals surface area contributed by atoms with Crippen LogP contribution in [0.5, 0.6) is 0 Å². The number of halogens is 9. The predicted octanol–water partition coefficient (Wildman–Crippen LogP) is 10.2. The number of hydrazine groups is 1. The predicted molar refractivity (Wildman–Crippen MR) is 279 cm³/mol. The number of nitriles is 1. The first-order chi connectivity index (χ1) is 32.6. The van der Waals surface area contributed by atoms with Crippen LogP contribution in [0.4, 0.5) is 8.78 Å². The van der Waals surface area contributed by atoms with Gasteiger partial charge in [-0.05, 0) is 89.5 Å². The Morgan fingerprint density at radius 1 is 0.676 bits per heavy atom. The Bertz CT molecular complexity index is 3050. The molecule has 7 aromatic rings. The summed E-state index contributed by atoms with van der Waals surface area (Å²) in [6.45, 7) is 0.283. The fourth-order valence-electron chi connectivity index (χ4n) is 5.03. The minimum absolute atomic E-state index is 0. The van der Waals surface area contributed by atoms with Crippen molar-refractivity contribution in [3.05, 3.63) is 194 Å². The summed E-state index contributed by atoms with van der Waals surface area (Å²) in [5.41, 5.74) is 10.5. The average molecular weight is 1340 g/mol. The van der Waals surface area contributed by atoms with Crippen LogP contribution in [0.1, 0.15) is 47.7 Å². The fraction of sp³-hybridized carbons (Fsp3) is 0.143. The van der Waals surface area contributed by atoms with Crippen LogP contribution >= 0.6 is 97.6 Å². The van der Waals surface area contributed by atoms with Crippen LogP contribution in [-0.4, -0.2) is 48.6 Å². The first-order valence-electron chi connectivity index (χ1n) is 18.5. The van der Waals surface area contributed by atoms with Crippen molar-refractivity contribution in [3.8, 4) is 4.98 Å². The molecule has 0 fully saturated rings. The molecule has 2 heterocycles. The van der Waals surface area contributed by atoms with Crippen LogP contribution in [0.15, 0.2) is 141 Å². The molecule has 0 radical (unpaired) electrons. The van der Waals surface area contributed by atoms with Crippen LogP contribution in [-0.2, 0) is 55.2 Å². The van der Waals surface area contributed by atoms with Gasteiger partial charge in [0.25, 0.3) is 9.05 Å². The molecule has 0 unspecified atom stereocenters.